The molecule has 0 N–H and O–H groups in total. The van der Waals surface area contributed by atoms with Crippen LogP contribution in [0.1, 0.15) is 42.0 Å². The molecule has 0 spiro atoms. The number of hydrogen-bond acceptors (Lipinski definition) is 1. The summed E-state index contributed by atoms with van der Waals surface area (Å²) in [7, 11) is 2.14. The summed E-state index contributed by atoms with van der Waals surface area (Å²) < 4.78 is 2.25. The highest BCUT2D eigenvalue weighted by Gasteiger charge is 2.17. The Balaban J connectivity index is 1.89. The maximum absolute atomic E-state index is 4.76. The summed E-state index contributed by atoms with van der Waals surface area (Å²) in [6, 6.07) is 17.7. The van der Waals surface area contributed by atoms with Crippen molar-refractivity contribution in [3.8, 4) is 22.5 Å². The van der Waals surface area contributed by atoms with Gasteiger partial charge in [-0.1, -0.05) is 49.7 Å². The lowest BCUT2D eigenvalue weighted by Gasteiger charge is -2.12. The molecule has 2 aromatic heterocycles. The van der Waals surface area contributed by atoms with Crippen LogP contribution in [0.15, 0.2) is 60.9 Å². The van der Waals surface area contributed by atoms with Gasteiger partial charge in [0, 0.05) is 23.4 Å². The first-order valence-corrected chi connectivity index (χ1v) is 10.3. The molecule has 0 bridgehead atoms. The Hall–Kier alpha value is -3.00. The highest BCUT2D eigenvalue weighted by molar-refractivity contribution is 5.96. The van der Waals surface area contributed by atoms with Gasteiger partial charge in [0.2, 0.25) is 5.69 Å². The first-order valence-electron chi connectivity index (χ1n) is 10.3. The number of nitrogens with zero attached hydrogens (tertiary/aromatic N) is 2. The molecule has 0 amide bonds. The molecule has 0 fully saturated rings. The molecule has 0 aliphatic heterocycles. The fourth-order valence-electron chi connectivity index (χ4n) is 4.07. The number of pyridine rings is 2. The molecule has 0 unspecified atom stereocenters. The quantitative estimate of drug-likeness (QED) is 0.373. The number of fused-ring (bicyclic) bond motifs is 1. The topological polar surface area (TPSA) is 16.8 Å². The summed E-state index contributed by atoms with van der Waals surface area (Å²) in [6.07, 6.45) is 4.25. The minimum absolute atomic E-state index is 0.491. The van der Waals surface area contributed by atoms with Crippen LogP contribution in [0.25, 0.3) is 33.3 Å². The first-order chi connectivity index (χ1) is 13.8. The van der Waals surface area contributed by atoms with E-state index in [0.717, 1.165) is 5.69 Å². The molecule has 0 radical (unpaired) electrons. The lowest BCUT2D eigenvalue weighted by molar-refractivity contribution is -0.659. The molecule has 146 valence electrons. The first kappa shape index (κ1) is 19.3. The van der Waals surface area contributed by atoms with E-state index in [-0.39, 0.29) is 0 Å². The van der Waals surface area contributed by atoms with Crippen molar-refractivity contribution >= 4 is 10.8 Å². The molecule has 0 aliphatic rings. The highest BCUT2D eigenvalue weighted by atomic mass is 14.9. The summed E-state index contributed by atoms with van der Waals surface area (Å²) in [4.78, 5) is 4.76. The van der Waals surface area contributed by atoms with Crippen molar-refractivity contribution in [2.45, 2.75) is 40.5 Å². The van der Waals surface area contributed by atoms with Crippen LogP contribution in [-0.2, 0) is 7.05 Å². The van der Waals surface area contributed by atoms with Crippen LogP contribution in [0.2, 0.25) is 0 Å². The van der Waals surface area contributed by atoms with E-state index in [0.29, 0.717) is 5.92 Å². The third-order valence-electron chi connectivity index (χ3n) is 5.95. The van der Waals surface area contributed by atoms with Gasteiger partial charge in [0.1, 0.15) is 7.05 Å². The van der Waals surface area contributed by atoms with E-state index in [1.165, 1.54) is 49.8 Å². The lowest BCUT2D eigenvalue weighted by Crippen LogP contribution is -2.30. The summed E-state index contributed by atoms with van der Waals surface area (Å²) in [6.45, 7) is 11.0. The van der Waals surface area contributed by atoms with Crippen LogP contribution in [0.4, 0.5) is 0 Å². The molecule has 0 aliphatic carbocycles. The van der Waals surface area contributed by atoms with Crippen LogP contribution < -0.4 is 4.57 Å². The van der Waals surface area contributed by atoms with Crippen LogP contribution >= 0.6 is 0 Å². The molecule has 2 heteroatoms. The minimum Gasteiger partial charge on any atom is -0.256 e. The van der Waals surface area contributed by atoms with Gasteiger partial charge in [-0.05, 0) is 60.9 Å². The van der Waals surface area contributed by atoms with E-state index in [2.05, 4.69) is 101 Å². The van der Waals surface area contributed by atoms with Crippen molar-refractivity contribution in [2.24, 2.45) is 7.05 Å². The molecule has 2 heterocycles. The second-order valence-electron chi connectivity index (χ2n) is 8.46. The van der Waals surface area contributed by atoms with Gasteiger partial charge in [-0.3, -0.25) is 4.98 Å². The molecule has 29 heavy (non-hydrogen) atoms. The summed E-state index contributed by atoms with van der Waals surface area (Å²) >= 11 is 0. The Morgan fingerprint density at radius 2 is 1.69 bits per heavy atom. The highest BCUT2D eigenvalue weighted by Crippen LogP contribution is 2.31. The maximum atomic E-state index is 4.76. The second kappa shape index (κ2) is 7.44. The Morgan fingerprint density at radius 1 is 0.897 bits per heavy atom. The summed E-state index contributed by atoms with van der Waals surface area (Å²) in [5.41, 5.74) is 9.99. The van der Waals surface area contributed by atoms with E-state index >= 15 is 0 Å². The third-order valence-corrected chi connectivity index (χ3v) is 5.95. The van der Waals surface area contributed by atoms with Crippen LogP contribution in [0, 0.1) is 20.8 Å². The van der Waals surface area contributed by atoms with Gasteiger partial charge in [-0.25, -0.2) is 4.57 Å². The monoisotopic (exact) mass is 381 g/mol. The fourth-order valence-corrected chi connectivity index (χ4v) is 4.07. The predicted octanol–water partition coefficient (Wildman–Crippen LogP) is 6.44. The number of aryl methyl sites for hydroxylation is 3. The Labute approximate surface area is 173 Å². The van der Waals surface area contributed by atoms with E-state index in [9.17, 15) is 0 Å². The number of hydrogen-bond donors (Lipinski definition) is 0. The zero-order chi connectivity index (χ0) is 20.7. The molecule has 4 rings (SSSR count). The van der Waals surface area contributed by atoms with Crippen LogP contribution in [0.3, 0.4) is 0 Å². The standard InChI is InChI=1S/C27H29N2/c1-17(2)22-10-11-26(28-15-22)23-9-7-8-21-14-27(29(6)16-25(21)23)24-13-18(3)12-19(4)20(24)5/h7-17H,1-6H3/q+1. The van der Waals surface area contributed by atoms with E-state index < -0.39 is 0 Å². The fraction of sp³-hybridized carbons (Fsp3) is 0.259. The van der Waals surface area contributed by atoms with Gasteiger partial charge in [0.15, 0.2) is 6.20 Å². The van der Waals surface area contributed by atoms with Crippen molar-refractivity contribution in [1.82, 2.24) is 4.98 Å². The number of rotatable bonds is 3. The Kier molecular flexibility index (Phi) is 4.96. The smallest absolute Gasteiger partial charge is 0.213 e. The van der Waals surface area contributed by atoms with Crippen molar-refractivity contribution < 1.29 is 4.57 Å². The van der Waals surface area contributed by atoms with Gasteiger partial charge < -0.3 is 0 Å². The average Bonchev–Trinajstić information content (AvgIpc) is 2.70. The van der Waals surface area contributed by atoms with Gasteiger partial charge in [-0.15, -0.1) is 0 Å². The summed E-state index contributed by atoms with van der Waals surface area (Å²) in [5, 5.41) is 2.47. The average molecular weight is 382 g/mol. The molecule has 0 saturated carbocycles. The van der Waals surface area contributed by atoms with Crippen molar-refractivity contribution in [2.75, 3.05) is 0 Å². The van der Waals surface area contributed by atoms with E-state index in [4.69, 9.17) is 4.98 Å². The van der Waals surface area contributed by atoms with E-state index in [1.807, 2.05) is 6.20 Å². The molecular weight excluding hydrogens is 352 g/mol. The number of aromatic nitrogens is 2. The number of benzene rings is 2. The van der Waals surface area contributed by atoms with Crippen molar-refractivity contribution in [3.05, 3.63) is 83.2 Å². The third kappa shape index (κ3) is 3.55. The largest absolute Gasteiger partial charge is 0.256 e. The van der Waals surface area contributed by atoms with Crippen molar-refractivity contribution in [3.63, 3.8) is 0 Å². The Bertz CT molecular complexity index is 1200. The normalized spacial score (nSPS) is 11.4. The Morgan fingerprint density at radius 3 is 2.38 bits per heavy atom. The molecule has 2 nitrogen and oxygen atoms in total. The summed E-state index contributed by atoms with van der Waals surface area (Å²) in [5.74, 6) is 0.491. The lowest BCUT2D eigenvalue weighted by atomic mass is 9.95. The second-order valence-corrected chi connectivity index (χ2v) is 8.46. The molecule has 0 saturated heterocycles. The van der Waals surface area contributed by atoms with Gasteiger partial charge >= 0.3 is 0 Å². The van der Waals surface area contributed by atoms with Gasteiger partial charge in [0.05, 0.1) is 11.1 Å². The van der Waals surface area contributed by atoms with Crippen LogP contribution in [-0.4, -0.2) is 4.98 Å². The van der Waals surface area contributed by atoms with E-state index in [1.54, 1.807) is 0 Å². The minimum atomic E-state index is 0.491. The molecule has 4 aromatic rings. The zero-order valence-corrected chi connectivity index (χ0v) is 18.2. The molecular formula is C27H29N2+. The predicted molar refractivity (Wildman–Crippen MR) is 122 cm³/mol. The van der Waals surface area contributed by atoms with Crippen molar-refractivity contribution in [1.29, 1.82) is 0 Å². The molecule has 0 atom stereocenters. The zero-order valence-electron chi connectivity index (χ0n) is 18.2. The van der Waals surface area contributed by atoms with Gasteiger partial charge in [-0.2, -0.15) is 0 Å². The van der Waals surface area contributed by atoms with Crippen LogP contribution in [0.5, 0.6) is 0 Å². The molecule has 2 aromatic carbocycles. The SMILES string of the molecule is Cc1cc(C)c(C)c(-c2cc3cccc(-c4ccc(C(C)C)cn4)c3c[n+]2C)c1. The maximum Gasteiger partial charge on any atom is 0.213 e. The van der Waals surface area contributed by atoms with Gasteiger partial charge in [0.25, 0.3) is 0 Å².